The normalized spacial score (nSPS) is 41.3. The monoisotopic (exact) mass is 182 g/mol. The summed E-state index contributed by atoms with van der Waals surface area (Å²) in [4.78, 5) is 21.9. The van der Waals surface area contributed by atoms with E-state index in [1.54, 1.807) is 0 Å². The molecule has 0 aliphatic heterocycles. The number of carboxylic acids is 1. The minimum Gasteiger partial charge on any atom is -0.481 e. The van der Waals surface area contributed by atoms with Crippen LogP contribution in [0.15, 0.2) is 0 Å². The van der Waals surface area contributed by atoms with E-state index in [1.807, 2.05) is 6.92 Å². The molecule has 0 heterocycles. The Labute approximate surface area is 77.1 Å². The highest BCUT2D eigenvalue weighted by molar-refractivity contribution is 5.82. The Hall–Kier alpha value is -0.860. The first kappa shape index (κ1) is 8.73. The highest BCUT2D eigenvalue weighted by Gasteiger charge is 2.60. The molecule has 2 saturated carbocycles. The topological polar surface area (TPSA) is 54.4 Å². The van der Waals surface area contributed by atoms with Gasteiger partial charge in [0.15, 0.2) is 0 Å². The van der Waals surface area contributed by atoms with E-state index in [9.17, 15) is 9.59 Å². The first-order chi connectivity index (χ1) is 6.15. The molecule has 2 rings (SSSR count). The lowest BCUT2D eigenvalue weighted by Gasteiger charge is -2.09. The van der Waals surface area contributed by atoms with Crippen LogP contribution in [-0.2, 0) is 9.59 Å². The molecule has 72 valence electrons. The van der Waals surface area contributed by atoms with E-state index < -0.39 is 5.97 Å². The first-order valence-electron chi connectivity index (χ1n) is 4.90. The van der Waals surface area contributed by atoms with Gasteiger partial charge in [-0.1, -0.05) is 6.92 Å². The fraction of sp³-hybridized carbons (Fsp3) is 0.800. The fourth-order valence-corrected chi connectivity index (χ4v) is 2.76. The van der Waals surface area contributed by atoms with Crippen LogP contribution in [0.1, 0.15) is 26.2 Å². The Morgan fingerprint density at radius 1 is 1.31 bits per heavy atom. The SMILES string of the molecule is CCC(=O)[C@@H]1C[C@@H]2[C@H](C1)[C@H]2C(=O)O. The Morgan fingerprint density at radius 2 is 1.85 bits per heavy atom. The van der Waals surface area contributed by atoms with Gasteiger partial charge in [-0.15, -0.1) is 0 Å². The molecule has 0 aromatic heterocycles. The van der Waals surface area contributed by atoms with E-state index in [4.69, 9.17) is 5.11 Å². The Bertz CT molecular complexity index is 247. The quantitative estimate of drug-likeness (QED) is 0.716. The number of hydrogen-bond donors (Lipinski definition) is 1. The predicted molar refractivity (Wildman–Crippen MR) is 46.1 cm³/mol. The average Bonchev–Trinajstić information content (AvgIpc) is 2.62. The molecule has 4 atom stereocenters. The van der Waals surface area contributed by atoms with Crippen LogP contribution < -0.4 is 0 Å². The number of aliphatic carboxylic acids is 1. The lowest BCUT2D eigenvalue weighted by atomic mass is 9.94. The third kappa shape index (κ3) is 1.26. The van der Waals surface area contributed by atoms with Crippen LogP contribution in [0, 0.1) is 23.7 Å². The van der Waals surface area contributed by atoms with Crippen LogP contribution in [0.3, 0.4) is 0 Å². The van der Waals surface area contributed by atoms with Crippen molar-refractivity contribution < 1.29 is 14.7 Å². The standard InChI is InChI=1S/C10H14O3/c1-2-8(11)5-3-6-7(4-5)9(6)10(12)13/h5-7,9H,2-4H2,1H3,(H,12,13)/t5-,6-,7+,9+. The molecule has 0 aromatic carbocycles. The molecule has 3 nitrogen and oxygen atoms in total. The molecule has 0 radical (unpaired) electrons. The molecule has 1 N–H and O–H groups in total. The molecule has 2 aliphatic rings. The summed E-state index contributed by atoms with van der Waals surface area (Å²) in [6, 6.07) is 0. The van der Waals surface area contributed by atoms with E-state index >= 15 is 0 Å². The van der Waals surface area contributed by atoms with Crippen molar-refractivity contribution in [3.63, 3.8) is 0 Å². The van der Waals surface area contributed by atoms with Crippen LogP contribution in [-0.4, -0.2) is 16.9 Å². The summed E-state index contributed by atoms with van der Waals surface area (Å²) in [5.74, 6) is 0.334. The maximum Gasteiger partial charge on any atom is 0.307 e. The number of fused-ring (bicyclic) bond motifs is 1. The summed E-state index contributed by atoms with van der Waals surface area (Å²) in [7, 11) is 0. The maximum atomic E-state index is 11.3. The van der Waals surface area contributed by atoms with Gasteiger partial charge in [-0.25, -0.2) is 0 Å². The third-order valence-corrected chi connectivity index (χ3v) is 3.53. The predicted octanol–water partition coefficient (Wildman–Crippen LogP) is 1.32. The van der Waals surface area contributed by atoms with Crippen LogP contribution in [0.25, 0.3) is 0 Å². The van der Waals surface area contributed by atoms with Gasteiger partial charge in [-0.3, -0.25) is 9.59 Å². The first-order valence-corrected chi connectivity index (χ1v) is 4.90. The van der Waals surface area contributed by atoms with Gasteiger partial charge in [-0.05, 0) is 24.7 Å². The van der Waals surface area contributed by atoms with Crippen molar-refractivity contribution in [3.05, 3.63) is 0 Å². The summed E-state index contributed by atoms with van der Waals surface area (Å²) in [6.45, 7) is 1.88. The number of carbonyl (C=O) groups is 2. The molecule has 2 aliphatic carbocycles. The Morgan fingerprint density at radius 3 is 2.23 bits per heavy atom. The van der Waals surface area contributed by atoms with Crippen molar-refractivity contribution in [2.75, 3.05) is 0 Å². The van der Waals surface area contributed by atoms with E-state index in [1.165, 1.54) is 0 Å². The molecule has 0 aromatic rings. The van der Waals surface area contributed by atoms with Crippen molar-refractivity contribution >= 4 is 11.8 Å². The minimum atomic E-state index is -0.669. The molecule has 3 heteroatoms. The van der Waals surface area contributed by atoms with Gasteiger partial charge in [0.2, 0.25) is 0 Å². The van der Waals surface area contributed by atoms with Gasteiger partial charge in [0.25, 0.3) is 0 Å². The Balaban J connectivity index is 1.90. The van der Waals surface area contributed by atoms with E-state index in [2.05, 4.69) is 0 Å². The molecule has 13 heavy (non-hydrogen) atoms. The number of carboxylic acid groups (broad SMARTS) is 1. The minimum absolute atomic E-state index is 0.124. The summed E-state index contributed by atoms with van der Waals surface area (Å²) in [5, 5.41) is 8.76. The summed E-state index contributed by atoms with van der Waals surface area (Å²) in [5.41, 5.74) is 0. The lowest BCUT2D eigenvalue weighted by molar-refractivity contribution is -0.140. The van der Waals surface area contributed by atoms with Crippen LogP contribution in [0.4, 0.5) is 0 Å². The number of carbonyl (C=O) groups excluding carboxylic acids is 1. The van der Waals surface area contributed by atoms with E-state index in [-0.39, 0.29) is 11.8 Å². The number of hydrogen-bond acceptors (Lipinski definition) is 2. The molecule has 0 unspecified atom stereocenters. The lowest BCUT2D eigenvalue weighted by Crippen LogP contribution is -2.15. The smallest absolute Gasteiger partial charge is 0.307 e. The number of Topliss-reactive ketones (excluding diaryl/α,β-unsaturated/α-hetero) is 1. The van der Waals surface area contributed by atoms with Crippen molar-refractivity contribution in [2.24, 2.45) is 23.7 Å². The van der Waals surface area contributed by atoms with Gasteiger partial charge in [0.05, 0.1) is 5.92 Å². The third-order valence-electron chi connectivity index (χ3n) is 3.53. The zero-order valence-corrected chi connectivity index (χ0v) is 7.69. The second-order valence-corrected chi connectivity index (χ2v) is 4.18. The second kappa shape index (κ2) is 2.82. The zero-order valence-electron chi connectivity index (χ0n) is 7.69. The Kier molecular flexibility index (Phi) is 1.90. The van der Waals surface area contributed by atoms with Crippen molar-refractivity contribution in [1.29, 1.82) is 0 Å². The molecule has 0 amide bonds. The molecule has 0 spiro atoms. The largest absolute Gasteiger partial charge is 0.481 e. The van der Waals surface area contributed by atoms with E-state index in [0.717, 1.165) is 12.8 Å². The van der Waals surface area contributed by atoms with Crippen LogP contribution in [0.5, 0.6) is 0 Å². The van der Waals surface area contributed by atoms with Crippen LogP contribution in [0.2, 0.25) is 0 Å². The van der Waals surface area contributed by atoms with Crippen molar-refractivity contribution in [1.82, 2.24) is 0 Å². The summed E-state index contributed by atoms with van der Waals surface area (Å²) >= 11 is 0. The van der Waals surface area contributed by atoms with E-state index in [0.29, 0.717) is 24.0 Å². The maximum absolute atomic E-state index is 11.3. The second-order valence-electron chi connectivity index (χ2n) is 4.18. The average molecular weight is 182 g/mol. The number of ketones is 1. The molecule has 2 fully saturated rings. The van der Waals surface area contributed by atoms with Gasteiger partial charge >= 0.3 is 5.97 Å². The van der Waals surface area contributed by atoms with Crippen molar-refractivity contribution in [2.45, 2.75) is 26.2 Å². The highest BCUT2D eigenvalue weighted by Crippen LogP contribution is 2.59. The fourth-order valence-electron chi connectivity index (χ4n) is 2.76. The van der Waals surface area contributed by atoms with Crippen molar-refractivity contribution in [3.8, 4) is 0 Å². The molecular weight excluding hydrogens is 168 g/mol. The van der Waals surface area contributed by atoms with Gasteiger partial charge in [0, 0.05) is 12.3 Å². The zero-order chi connectivity index (χ0) is 9.59. The molecule has 0 saturated heterocycles. The highest BCUT2D eigenvalue weighted by atomic mass is 16.4. The molecular formula is C10H14O3. The van der Waals surface area contributed by atoms with Gasteiger partial charge in [-0.2, -0.15) is 0 Å². The van der Waals surface area contributed by atoms with Gasteiger partial charge < -0.3 is 5.11 Å². The summed E-state index contributed by atoms with van der Waals surface area (Å²) in [6.07, 6.45) is 2.25. The number of rotatable bonds is 3. The molecule has 0 bridgehead atoms. The summed E-state index contributed by atoms with van der Waals surface area (Å²) < 4.78 is 0. The van der Waals surface area contributed by atoms with Gasteiger partial charge in [0.1, 0.15) is 5.78 Å². The van der Waals surface area contributed by atoms with Crippen LogP contribution >= 0.6 is 0 Å².